The molecule has 0 saturated carbocycles. The van der Waals surface area contributed by atoms with E-state index in [1.54, 1.807) is 32.9 Å². The Morgan fingerprint density at radius 1 is 1.21 bits per heavy atom. The topological polar surface area (TPSA) is 145 Å². The SMILES string of the molecule is C[C@@H](C#CC#Cc1ccc(C(=O)N[C@H](C(=O)NO)C(C)(C)N)cc1)[C@@H](O)CO. The van der Waals surface area contributed by atoms with Crippen molar-refractivity contribution in [1.29, 1.82) is 0 Å². The normalized spacial score (nSPS) is 13.7. The minimum Gasteiger partial charge on any atom is -0.394 e. The third kappa shape index (κ3) is 7.03. The number of carbonyl (C=O) groups is 2. The molecule has 0 fully saturated rings. The minimum absolute atomic E-state index is 0.288. The highest BCUT2D eigenvalue weighted by molar-refractivity contribution is 5.97. The number of carbonyl (C=O) groups excluding carboxylic acids is 2. The highest BCUT2D eigenvalue weighted by Gasteiger charge is 2.33. The summed E-state index contributed by atoms with van der Waals surface area (Å²) in [6, 6.07) is 5.16. The Hall–Kier alpha value is -2.88. The van der Waals surface area contributed by atoms with Crippen molar-refractivity contribution in [2.45, 2.75) is 38.5 Å². The monoisotopic (exact) mass is 387 g/mol. The summed E-state index contributed by atoms with van der Waals surface area (Å²) in [6.45, 7) is 4.41. The van der Waals surface area contributed by atoms with Gasteiger partial charge in [0.05, 0.1) is 12.7 Å². The number of aliphatic hydroxyl groups excluding tert-OH is 2. The van der Waals surface area contributed by atoms with Gasteiger partial charge in [-0.2, -0.15) is 0 Å². The van der Waals surface area contributed by atoms with Gasteiger partial charge in [0.15, 0.2) is 0 Å². The average molecular weight is 387 g/mol. The van der Waals surface area contributed by atoms with Crippen molar-refractivity contribution < 1.29 is 25.0 Å². The Labute approximate surface area is 164 Å². The predicted octanol–water partition coefficient (Wildman–Crippen LogP) is -0.628. The first-order valence-corrected chi connectivity index (χ1v) is 8.54. The van der Waals surface area contributed by atoms with Crippen molar-refractivity contribution >= 4 is 11.8 Å². The van der Waals surface area contributed by atoms with E-state index in [0.29, 0.717) is 5.56 Å². The zero-order valence-corrected chi connectivity index (χ0v) is 16.0. The molecular weight excluding hydrogens is 362 g/mol. The Balaban J connectivity index is 2.83. The Morgan fingerprint density at radius 2 is 1.82 bits per heavy atom. The van der Waals surface area contributed by atoms with Crippen LogP contribution in [-0.4, -0.2) is 51.5 Å². The van der Waals surface area contributed by atoms with Crippen molar-refractivity contribution in [3.63, 3.8) is 0 Å². The average Bonchev–Trinajstić information content (AvgIpc) is 2.67. The number of nitrogens with two attached hydrogens (primary N) is 1. The number of hydrogen-bond donors (Lipinski definition) is 6. The van der Waals surface area contributed by atoms with Crippen LogP contribution in [0, 0.1) is 29.6 Å². The van der Waals surface area contributed by atoms with E-state index in [1.165, 1.54) is 17.6 Å². The fourth-order valence-corrected chi connectivity index (χ4v) is 2.08. The van der Waals surface area contributed by atoms with Crippen LogP contribution in [0.5, 0.6) is 0 Å². The summed E-state index contributed by atoms with van der Waals surface area (Å²) in [5, 5.41) is 29.5. The second-order valence-corrected chi connectivity index (χ2v) is 6.84. The molecule has 0 saturated heterocycles. The quantitative estimate of drug-likeness (QED) is 0.218. The van der Waals surface area contributed by atoms with Crippen LogP contribution in [0.2, 0.25) is 0 Å². The van der Waals surface area contributed by atoms with Crippen molar-refractivity contribution in [2.75, 3.05) is 6.61 Å². The lowest BCUT2D eigenvalue weighted by molar-refractivity contribution is -0.132. The van der Waals surface area contributed by atoms with Gasteiger partial charge in [-0.25, -0.2) is 5.48 Å². The van der Waals surface area contributed by atoms with Crippen LogP contribution in [0.1, 0.15) is 36.7 Å². The molecule has 1 rings (SSSR count). The van der Waals surface area contributed by atoms with Crippen molar-refractivity contribution in [2.24, 2.45) is 11.7 Å². The number of aliphatic hydroxyl groups is 2. The number of nitrogens with one attached hydrogen (secondary N) is 2. The summed E-state index contributed by atoms with van der Waals surface area (Å²) < 4.78 is 0. The summed E-state index contributed by atoms with van der Waals surface area (Å²) in [7, 11) is 0. The first kappa shape index (κ1) is 23.2. The lowest BCUT2D eigenvalue weighted by atomic mass is 9.95. The van der Waals surface area contributed by atoms with Crippen LogP contribution in [0.3, 0.4) is 0 Å². The van der Waals surface area contributed by atoms with E-state index < -0.39 is 35.4 Å². The van der Waals surface area contributed by atoms with Crippen LogP contribution >= 0.6 is 0 Å². The van der Waals surface area contributed by atoms with Gasteiger partial charge in [0.25, 0.3) is 11.8 Å². The van der Waals surface area contributed by atoms with E-state index in [1.807, 2.05) is 0 Å². The molecule has 2 amide bonds. The molecule has 150 valence electrons. The van der Waals surface area contributed by atoms with Gasteiger partial charge in [0.2, 0.25) is 0 Å². The molecule has 0 unspecified atom stereocenters. The molecule has 0 heterocycles. The summed E-state index contributed by atoms with van der Waals surface area (Å²) in [5.41, 5.74) is 7.18. The van der Waals surface area contributed by atoms with Gasteiger partial charge in [0, 0.05) is 22.6 Å². The highest BCUT2D eigenvalue weighted by atomic mass is 16.5. The maximum atomic E-state index is 12.3. The zero-order valence-electron chi connectivity index (χ0n) is 16.0. The second-order valence-electron chi connectivity index (χ2n) is 6.84. The van der Waals surface area contributed by atoms with E-state index in [4.69, 9.17) is 16.0 Å². The van der Waals surface area contributed by atoms with Crippen molar-refractivity contribution in [3.05, 3.63) is 35.4 Å². The van der Waals surface area contributed by atoms with E-state index in [-0.39, 0.29) is 12.2 Å². The molecule has 0 bridgehead atoms. The van der Waals surface area contributed by atoms with E-state index in [9.17, 15) is 14.7 Å². The van der Waals surface area contributed by atoms with E-state index in [0.717, 1.165) is 0 Å². The number of hydroxylamine groups is 1. The molecule has 8 heteroatoms. The third-order valence-corrected chi connectivity index (χ3v) is 3.87. The predicted molar refractivity (Wildman–Crippen MR) is 103 cm³/mol. The smallest absolute Gasteiger partial charge is 0.267 e. The zero-order chi connectivity index (χ0) is 21.3. The summed E-state index contributed by atoms with van der Waals surface area (Å²) in [4.78, 5) is 24.0. The molecule has 0 aliphatic heterocycles. The highest BCUT2D eigenvalue weighted by Crippen LogP contribution is 2.09. The fourth-order valence-electron chi connectivity index (χ4n) is 2.08. The third-order valence-electron chi connectivity index (χ3n) is 3.87. The number of rotatable bonds is 6. The number of hydrogen-bond acceptors (Lipinski definition) is 6. The van der Waals surface area contributed by atoms with E-state index >= 15 is 0 Å². The summed E-state index contributed by atoms with van der Waals surface area (Å²) in [6.07, 6.45) is -0.915. The molecule has 0 aromatic heterocycles. The molecule has 0 radical (unpaired) electrons. The van der Waals surface area contributed by atoms with Gasteiger partial charge < -0.3 is 21.3 Å². The Kier molecular flexibility index (Phi) is 8.65. The van der Waals surface area contributed by atoms with Gasteiger partial charge in [-0.15, -0.1) is 0 Å². The lowest BCUT2D eigenvalue weighted by Gasteiger charge is -2.29. The molecule has 3 atom stereocenters. The number of amides is 2. The molecule has 8 nitrogen and oxygen atoms in total. The van der Waals surface area contributed by atoms with Crippen LogP contribution in [-0.2, 0) is 4.79 Å². The summed E-state index contributed by atoms with van der Waals surface area (Å²) >= 11 is 0. The maximum Gasteiger partial charge on any atom is 0.267 e. The first-order chi connectivity index (χ1) is 13.1. The van der Waals surface area contributed by atoms with Gasteiger partial charge >= 0.3 is 0 Å². The van der Waals surface area contributed by atoms with Crippen molar-refractivity contribution in [1.82, 2.24) is 10.8 Å². The van der Waals surface area contributed by atoms with E-state index in [2.05, 4.69) is 29.0 Å². The Morgan fingerprint density at radius 3 is 2.32 bits per heavy atom. The van der Waals surface area contributed by atoms with Gasteiger partial charge in [0.1, 0.15) is 6.04 Å². The first-order valence-electron chi connectivity index (χ1n) is 8.54. The lowest BCUT2D eigenvalue weighted by Crippen LogP contribution is -2.61. The standard InChI is InChI=1S/C20H25N3O5/c1-13(16(25)12-24)6-4-5-7-14-8-10-15(11-9-14)18(26)22-17(19(27)23-28)20(2,3)21/h8-11,13,16-17,24-25,28H,12,21H2,1-3H3,(H,22,26)(H,23,27)/t13-,16-,17+/m0/s1. The minimum atomic E-state index is -1.13. The van der Waals surface area contributed by atoms with Gasteiger partial charge in [-0.1, -0.05) is 11.8 Å². The van der Waals surface area contributed by atoms with Gasteiger partial charge in [-0.3, -0.25) is 14.8 Å². The fraction of sp³-hybridized carbons (Fsp3) is 0.400. The molecule has 28 heavy (non-hydrogen) atoms. The number of benzene rings is 1. The molecule has 7 N–H and O–H groups in total. The van der Waals surface area contributed by atoms with Crippen LogP contribution in [0.15, 0.2) is 24.3 Å². The van der Waals surface area contributed by atoms with Crippen LogP contribution in [0.25, 0.3) is 0 Å². The Bertz CT molecular complexity index is 807. The van der Waals surface area contributed by atoms with Crippen LogP contribution in [0.4, 0.5) is 0 Å². The molecule has 0 aliphatic rings. The largest absolute Gasteiger partial charge is 0.394 e. The van der Waals surface area contributed by atoms with Crippen LogP contribution < -0.4 is 16.5 Å². The molecule has 1 aromatic rings. The maximum absolute atomic E-state index is 12.3. The second kappa shape index (κ2) is 10.5. The van der Waals surface area contributed by atoms with Crippen molar-refractivity contribution in [3.8, 4) is 23.7 Å². The molecule has 0 aliphatic carbocycles. The molecule has 1 aromatic carbocycles. The molecular formula is C20H25N3O5. The van der Waals surface area contributed by atoms with Gasteiger partial charge in [-0.05, 0) is 56.9 Å². The molecule has 0 spiro atoms. The summed E-state index contributed by atoms with van der Waals surface area (Å²) in [5.74, 6) is 9.01.